The van der Waals surface area contributed by atoms with Gasteiger partial charge in [0.25, 0.3) is 0 Å². The Morgan fingerprint density at radius 3 is 2.28 bits per heavy atom. The number of fused-ring (bicyclic) bond motifs is 1. The zero-order valence-corrected chi connectivity index (χ0v) is 27.6. The molecule has 4 nitrogen and oxygen atoms in total. The molecule has 0 bridgehead atoms. The van der Waals surface area contributed by atoms with E-state index in [1.165, 1.54) is 45.4 Å². The fourth-order valence-corrected chi connectivity index (χ4v) is 9.30. The van der Waals surface area contributed by atoms with Crippen molar-refractivity contribution in [1.29, 1.82) is 0 Å². The molecule has 0 spiro atoms. The van der Waals surface area contributed by atoms with E-state index in [1.54, 1.807) is 0 Å². The lowest BCUT2D eigenvalue weighted by molar-refractivity contribution is -0.140. The summed E-state index contributed by atoms with van der Waals surface area (Å²) in [7, 11) is -3.46. The highest BCUT2D eigenvalue weighted by Gasteiger charge is 2.53. The maximum Gasteiger partial charge on any atom is 0.302 e. The zero-order valence-electron chi connectivity index (χ0n) is 25.6. The Hall–Kier alpha value is -0.436. The average Bonchev–Trinajstić information content (AvgIpc) is 3.06. The summed E-state index contributed by atoms with van der Waals surface area (Å²) >= 11 is 0. The largest absolute Gasteiger partial charge is 0.461 e. The normalized spacial score (nSPS) is 28.9. The number of rotatable bonds is 12. The molecule has 0 saturated heterocycles. The average molecular weight is 539 g/mol. The SMILES string of the molecule is C=C(COC(C)=O)CC(CC[C@@H](C)[C@H]1CCC2C(O[Si](C)(C)C)CCC[C@]21C)O[Si](C)(C)C(C)(C)C. The van der Waals surface area contributed by atoms with Crippen molar-refractivity contribution in [3.05, 3.63) is 12.2 Å². The van der Waals surface area contributed by atoms with Gasteiger partial charge in [0.05, 0.1) is 0 Å². The molecule has 2 fully saturated rings. The summed E-state index contributed by atoms with van der Waals surface area (Å²) in [5, 5.41) is 0.160. The molecule has 3 unspecified atom stereocenters. The lowest BCUT2D eigenvalue weighted by atomic mass is 9.61. The van der Waals surface area contributed by atoms with Crippen molar-refractivity contribution in [3.8, 4) is 0 Å². The third kappa shape index (κ3) is 8.54. The molecule has 0 aromatic heterocycles. The van der Waals surface area contributed by atoms with Gasteiger partial charge in [0.2, 0.25) is 0 Å². The van der Waals surface area contributed by atoms with Crippen molar-refractivity contribution in [1.82, 2.24) is 0 Å². The summed E-state index contributed by atoms with van der Waals surface area (Å²) < 4.78 is 18.9. The summed E-state index contributed by atoms with van der Waals surface area (Å²) in [5.74, 6) is 1.89. The molecule has 210 valence electrons. The molecule has 2 saturated carbocycles. The number of hydrogen-bond donors (Lipinski definition) is 0. The highest BCUT2D eigenvalue weighted by Crippen LogP contribution is 2.59. The molecule has 6 heteroatoms. The van der Waals surface area contributed by atoms with Gasteiger partial charge < -0.3 is 13.6 Å². The number of hydrogen-bond acceptors (Lipinski definition) is 4. The van der Waals surface area contributed by atoms with Crippen molar-refractivity contribution in [3.63, 3.8) is 0 Å². The Morgan fingerprint density at radius 1 is 1.08 bits per heavy atom. The predicted octanol–water partition coefficient (Wildman–Crippen LogP) is 8.74. The first kappa shape index (κ1) is 31.8. The van der Waals surface area contributed by atoms with Crippen LogP contribution in [0.15, 0.2) is 12.2 Å². The first-order valence-corrected chi connectivity index (χ1v) is 20.8. The topological polar surface area (TPSA) is 44.8 Å². The summed E-state index contributed by atoms with van der Waals surface area (Å²) in [4.78, 5) is 11.3. The van der Waals surface area contributed by atoms with Crippen molar-refractivity contribution in [2.45, 2.75) is 143 Å². The van der Waals surface area contributed by atoms with Gasteiger partial charge in [0.1, 0.15) is 6.61 Å². The van der Waals surface area contributed by atoms with Gasteiger partial charge in [-0.15, -0.1) is 0 Å². The lowest BCUT2D eigenvalue weighted by Gasteiger charge is -2.48. The minimum atomic E-state index is -1.92. The van der Waals surface area contributed by atoms with Crippen LogP contribution in [-0.4, -0.2) is 41.4 Å². The van der Waals surface area contributed by atoms with E-state index in [-0.39, 0.29) is 17.1 Å². The molecular formula is C30H58O4Si2. The van der Waals surface area contributed by atoms with Gasteiger partial charge >= 0.3 is 5.97 Å². The van der Waals surface area contributed by atoms with E-state index in [0.29, 0.717) is 30.0 Å². The molecule has 2 aliphatic rings. The molecule has 0 aromatic carbocycles. The predicted molar refractivity (Wildman–Crippen MR) is 157 cm³/mol. The van der Waals surface area contributed by atoms with Crippen LogP contribution < -0.4 is 0 Å². The highest BCUT2D eigenvalue weighted by molar-refractivity contribution is 6.74. The van der Waals surface area contributed by atoms with Crippen LogP contribution >= 0.6 is 0 Å². The van der Waals surface area contributed by atoms with Gasteiger partial charge in [0, 0.05) is 19.1 Å². The van der Waals surface area contributed by atoms with Crippen LogP contribution in [-0.2, 0) is 18.4 Å². The van der Waals surface area contributed by atoms with Crippen LogP contribution in [0.3, 0.4) is 0 Å². The van der Waals surface area contributed by atoms with E-state index < -0.39 is 16.6 Å². The minimum absolute atomic E-state index is 0.135. The third-order valence-corrected chi connectivity index (χ3v) is 15.1. The molecular weight excluding hydrogens is 480 g/mol. The van der Waals surface area contributed by atoms with Gasteiger partial charge in [-0.05, 0) is 111 Å². The molecule has 0 heterocycles. The third-order valence-electron chi connectivity index (χ3n) is 9.53. The van der Waals surface area contributed by atoms with Gasteiger partial charge in [-0.2, -0.15) is 0 Å². The summed E-state index contributed by atoms with van der Waals surface area (Å²) in [6, 6.07) is 0. The Morgan fingerprint density at radius 2 is 1.72 bits per heavy atom. The lowest BCUT2D eigenvalue weighted by Crippen LogP contribution is -2.46. The molecule has 0 aromatic rings. The first-order valence-electron chi connectivity index (χ1n) is 14.5. The molecule has 2 aliphatic carbocycles. The minimum Gasteiger partial charge on any atom is -0.461 e. The second-order valence-corrected chi connectivity index (χ2v) is 24.0. The molecule has 0 aliphatic heterocycles. The Labute approximate surface area is 225 Å². The Bertz CT molecular complexity index is 751. The second kappa shape index (κ2) is 12.2. The maximum absolute atomic E-state index is 11.3. The fraction of sp³-hybridized carbons (Fsp3) is 0.900. The monoisotopic (exact) mass is 538 g/mol. The molecule has 0 radical (unpaired) electrons. The molecule has 36 heavy (non-hydrogen) atoms. The van der Waals surface area contributed by atoms with Crippen molar-refractivity contribution in [2.75, 3.05) is 6.61 Å². The van der Waals surface area contributed by atoms with Crippen LogP contribution in [0.1, 0.15) is 92.9 Å². The van der Waals surface area contributed by atoms with Gasteiger partial charge in [0.15, 0.2) is 16.6 Å². The molecule has 6 atom stereocenters. The highest BCUT2D eigenvalue weighted by atomic mass is 28.4. The van der Waals surface area contributed by atoms with Crippen molar-refractivity contribution in [2.24, 2.45) is 23.2 Å². The second-order valence-electron chi connectivity index (χ2n) is 14.7. The zero-order chi connectivity index (χ0) is 27.5. The van der Waals surface area contributed by atoms with Gasteiger partial charge in [-0.1, -0.05) is 47.6 Å². The van der Waals surface area contributed by atoms with E-state index in [4.69, 9.17) is 13.6 Å². The smallest absolute Gasteiger partial charge is 0.302 e. The number of carbonyl (C=O) groups is 1. The quantitative estimate of drug-likeness (QED) is 0.141. The molecule has 0 N–H and O–H groups in total. The maximum atomic E-state index is 11.3. The number of esters is 1. The van der Waals surface area contributed by atoms with E-state index in [2.05, 4.69) is 73.9 Å². The Balaban J connectivity index is 2.08. The van der Waals surface area contributed by atoms with E-state index in [9.17, 15) is 4.79 Å². The van der Waals surface area contributed by atoms with Crippen LogP contribution in [0.4, 0.5) is 0 Å². The van der Waals surface area contributed by atoms with Crippen molar-refractivity contribution < 1.29 is 18.4 Å². The standard InChI is InChI=1S/C30H58O4Si2/c1-22(21-32-24(3)31)20-25(33-36(11,12)29(4,5)6)16-15-23(2)26-17-18-27-28(34-35(8,9)10)14-13-19-30(26,27)7/h23,25-28H,1,13-21H2,2-12H3/t23-,25?,26-,27?,28?,30+/m1/s1. The van der Waals surface area contributed by atoms with Crippen LogP contribution in [0.5, 0.6) is 0 Å². The van der Waals surface area contributed by atoms with Gasteiger partial charge in [-0.25, -0.2) is 0 Å². The van der Waals surface area contributed by atoms with E-state index in [0.717, 1.165) is 24.3 Å². The van der Waals surface area contributed by atoms with Crippen LogP contribution in [0, 0.1) is 23.2 Å². The molecule has 2 rings (SSSR count). The number of carbonyl (C=O) groups excluding carboxylic acids is 1. The summed E-state index contributed by atoms with van der Waals surface area (Å²) in [6.45, 7) is 29.6. The molecule has 0 amide bonds. The van der Waals surface area contributed by atoms with E-state index in [1.807, 2.05) is 0 Å². The summed E-state index contributed by atoms with van der Waals surface area (Å²) in [6.07, 6.45) is 10.1. The number of ether oxygens (including phenoxy) is 1. The van der Waals surface area contributed by atoms with E-state index >= 15 is 0 Å². The van der Waals surface area contributed by atoms with Gasteiger partial charge in [-0.3, -0.25) is 4.79 Å². The first-order chi connectivity index (χ1) is 16.4. The van der Waals surface area contributed by atoms with Crippen LogP contribution in [0.2, 0.25) is 37.8 Å². The summed E-state index contributed by atoms with van der Waals surface area (Å²) in [5.41, 5.74) is 1.35. The van der Waals surface area contributed by atoms with Crippen molar-refractivity contribution >= 4 is 22.6 Å². The Kier molecular flexibility index (Phi) is 10.7. The van der Waals surface area contributed by atoms with Crippen LogP contribution in [0.25, 0.3) is 0 Å². The fourth-order valence-electron chi connectivity index (χ4n) is 6.72.